The van der Waals surface area contributed by atoms with Crippen LogP contribution in [0, 0.1) is 0 Å². The molecule has 0 saturated carbocycles. The molecule has 2 saturated heterocycles. The molecule has 2 aliphatic rings. The van der Waals surface area contributed by atoms with Crippen molar-refractivity contribution in [2.45, 2.75) is 64.1 Å². The SMILES string of the molecule is CC(C)(C)OC(=O)CCCCC(=O)N1CCN(C(=O)Oc2ccc(C=O)cc2)C2CSSCC21. The smallest absolute Gasteiger partial charge is 0.415 e. The van der Waals surface area contributed by atoms with Gasteiger partial charge in [0.05, 0.1) is 12.1 Å². The Labute approximate surface area is 208 Å². The van der Waals surface area contributed by atoms with Crippen LogP contribution in [0.2, 0.25) is 0 Å². The van der Waals surface area contributed by atoms with E-state index in [1.165, 1.54) is 0 Å². The largest absolute Gasteiger partial charge is 0.460 e. The number of fused-ring (bicyclic) bond motifs is 1. The quantitative estimate of drug-likeness (QED) is 0.234. The fourth-order valence-corrected chi connectivity index (χ4v) is 6.68. The number of hydrogen-bond acceptors (Lipinski definition) is 8. The van der Waals surface area contributed by atoms with Crippen molar-refractivity contribution < 1.29 is 28.7 Å². The molecule has 2 atom stereocenters. The van der Waals surface area contributed by atoms with E-state index in [1.807, 2.05) is 25.7 Å². The minimum atomic E-state index is -0.502. The second-order valence-corrected chi connectivity index (χ2v) is 11.9. The molecule has 186 valence electrons. The number of hydrogen-bond donors (Lipinski definition) is 0. The number of carbonyl (C=O) groups is 4. The Kier molecular flexibility index (Phi) is 9.30. The Hall–Kier alpha value is -2.20. The van der Waals surface area contributed by atoms with Gasteiger partial charge in [0, 0.05) is 43.0 Å². The second kappa shape index (κ2) is 12.0. The van der Waals surface area contributed by atoms with Crippen LogP contribution in [0.4, 0.5) is 4.79 Å². The van der Waals surface area contributed by atoms with Crippen molar-refractivity contribution in [3.8, 4) is 5.75 Å². The Morgan fingerprint density at radius 2 is 1.56 bits per heavy atom. The van der Waals surface area contributed by atoms with E-state index in [-0.39, 0.29) is 24.0 Å². The summed E-state index contributed by atoms with van der Waals surface area (Å²) in [6.07, 6.45) is 2.20. The predicted octanol–water partition coefficient (Wildman–Crippen LogP) is 4.18. The molecule has 10 heteroatoms. The van der Waals surface area contributed by atoms with Gasteiger partial charge in [-0.1, -0.05) is 21.6 Å². The highest BCUT2D eigenvalue weighted by Gasteiger charge is 2.43. The number of nitrogens with zero attached hydrogens (tertiary/aromatic N) is 2. The third-order valence-electron chi connectivity index (χ3n) is 5.61. The van der Waals surface area contributed by atoms with E-state index in [9.17, 15) is 19.2 Å². The lowest BCUT2D eigenvalue weighted by molar-refractivity contribution is -0.155. The number of benzene rings is 1. The number of piperazine rings is 1. The number of ether oxygens (including phenoxy) is 2. The van der Waals surface area contributed by atoms with E-state index in [2.05, 4.69) is 0 Å². The third kappa shape index (κ3) is 7.40. The standard InChI is InChI=1S/C24H32N2O6S2/c1-24(2,3)32-22(29)7-5-4-6-21(28)25-12-13-26(20-16-34-33-15-19(20)25)23(30)31-18-10-8-17(14-27)9-11-18/h8-11,14,19-20H,4-7,12-13,15-16H2,1-3H3. The van der Waals surface area contributed by atoms with Gasteiger partial charge in [-0.05, 0) is 57.9 Å². The summed E-state index contributed by atoms with van der Waals surface area (Å²) >= 11 is 0. The molecule has 2 unspecified atom stereocenters. The molecule has 8 nitrogen and oxygen atoms in total. The normalized spacial score (nSPS) is 20.3. The van der Waals surface area contributed by atoms with Crippen LogP contribution in [-0.2, 0) is 14.3 Å². The van der Waals surface area contributed by atoms with E-state index >= 15 is 0 Å². The summed E-state index contributed by atoms with van der Waals surface area (Å²) in [7, 11) is 3.41. The number of rotatable bonds is 7. The van der Waals surface area contributed by atoms with Crippen molar-refractivity contribution in [3.05, 3.63) is 29.8 Å². The molecule has 0 aromatic heterocycles. The highest BCUT2D eigenvalue weighted by Crippen LogP contribution is 2.36. The molecule has 34 heavy (non-hydrogen) atoms. The van der Waals surface area contributed by atoms with E-state index < -0.39 is 11.7 Å². The molecule has 2 aliphatic heterocycles. The maximum Gasteiger partial charge on any atom is 0.415 e. The van der Waals surface area contributed by atoms with Gasteiger partial charge in [-0.25, -0.2) is 4.79 Å². The van der Waals surface area contributed by atoms with E-state index in [0.29, 0.717) is 50.1 Å². The maximum absolute atomic E-state index is 13.0. The van der Waals surface area contributed by atoms with Crippen molar-refractivity contribution in [3.63, 3.8) is 0 Å². The first-order valence-corrected chi connectivity index (χ1v) is 14.0. The zero-order chi connectivity index (χ0) is 24.7. The third-order valence-corrected chi connectivity index (χ3v) is 8.04. The van der Waals surface area contributed by atoms with Crippen molar-refractivity contribution in [1.29, 1.82) is 0 Å². The van der Waals surface area contributed by atoms with E-state index in [4.69, 9.17) is 9.47 Å². The summed E-state index contributed by atoms with van der Waals surface area (Å²) in [4.78, 5) is 52.2. The van der Waals surface area contributed by atoms with Crippen molar-refractivity contribution >= 4 is 45.8 Å². The van der Waals surface area contributed by atoms with Gasteiger partial charge >= 0.3 is 12.1 Å². The zero-order valence-electron chi connectivity index (χ0n) is 19.9. The lowest BCUT2D eigenvalue weighted by Crippen LogP contribution is -2.65. The molecule has 2 amide bonds. The van der Waals surface area contributed by atoms with Gasteiger partial charge < -0.3 is 19.3 Å². The Bertz CT molecular complexity index is 886. The molecular weight excluding hydrogens is 476 g/mol. The van der Waals surface area contributed by atoms with Crippen LogP contribution in [-0.4, -0.2) is 76.3 Å². The van der Waals surface area contributed by atoms with Gasteiger partial charge in [0.15, 0.2) is 0 Å². The summed E-state index contributed by atoms with van der Waals surface area (Å²) in [5, 5.41) is 0. The number of esters is 1. The lowest BCUT2D eigenvalue weighted by Gasteiger charge is -2.48. The molecular formula is C24H32N2O6S2. The Morgan fingerprint density at radius 3 is 2.18 bits per heavy atom. The molecule has 1 aromatic rings. The lowest BCUT2D eigenvalue weighted by atomic mass is 10.0. The first-order chi connectivity index (χ1) is 16.2. The predicted molar refractivity (Wildman–Crippen MR) is 133 cm³/mol. The van der Waals surface area contributed by atoms with Gasteiger partial charge in [0.1, 0.15) is 17.6 Å². The molecule has 2 fully saturated rings. The number of aldehydes is 1. The zero-order valence-corrected chi connectivity index (χ0v) is 21.5. The highest BCUT2D eigenvalue weighted by molar-refractivity contribution is 8.76. The van der Waals surface area contributed by atoms with Gasteiger partial charge in [-0.3, -0.25) is 14.4 Å². The number of carbonyl (C=O) groups excluding carboxylic acids is 4. The van der Waals surface area contributed by atoms with Crippen LogP contribution in [0.3, 0.4) is 0 Å². The average molecular weight is 509 g/mol. The van der Waals surface area contributed by atoms with Crippen LogP contribution in [0.25, 0.3) is 0 Å². The van der Waals surface area contributed by atoms with Gasteiger partial charge in [-0.2, -0.15) is 0 Å². The minimum absolute atomic E-state index is 0.0594. The van der Waals surface area contributed by atoms with Crippen LogP contribution < -0.4 is 4.74 Å². The molecule has 0 spiro atoms. The summed E-state index contributed by atoms with van der Waals surface area (Å²) in [6, 6.07) is 6.22. The Morgan fingerprint density at radius 1 is 0.971 bits per heavy atom. The fraction of sp³-hybridized carbons (Fsp3) is 0.583. The summed E-state index contributed by atoms with van der Waals surface area (Å²) in [6.45, 7) is 6.37. The number of amides is 2. The first kappa shape index (κ1) is 26.4. The summed E-state index contributed by atoms with van der Waals surface area (Å²) in [5.41, 5.74) is 0.0111. The molecule has 3 rings (SSSR count). The summed E-state index contributed by atoms with van der Waals surface area (Å²) in [5.74, 6) is 1.67. The topological polar surface area (TPSA) is 93.2 Å². The second-order valence-electron chi connectivity index (χ2n) is 9.33. The average Bonchev–Trinajstić information content (AvgIpc) is 2.80. The number of unbranched alkanes of at least 4 members (excludes halogenated alkanes) is 1. The van der Waals surface area contributed by atoms with Gasteiger partial charge in [0.25, 0.3) is 0 Å². The fourth-order valence-electron chi connectivity index (χ4n) is 3.99. The van der Waals surface area contributed by atoms with E-state index in [0.717, 1.165) is 17.8 Å². The Balaban J connectivity index is 1.52. The molecule has 0 bridgehead atoms. The van der Waals surface area contributed by atoms with Crippen LogP contribution in [0.1, 0.15) is 56.8 Å². The molecule has 0 N–H and O–H groups in total. The van der Waals surface area contributed by atoms with Gasteiger partial charge in [0.2, 0.25) is 5.91 Å². The van der Waals surface area contributed by atoms with Crippen LogP contribution >= 0.6 is 21.6 Å². The van der Waals surface area contributed by atoms with Crippen LogP contribution in [0.15, 0.2) is 24.3 Å². The molecule has 0 aliphatic carbocycles. The van der Waals surface area contributed by atoms with Gasteiger partial charge in [-0.15, -0.1) is 0 Å². The van der Waals surface area contributed by atoms with Crippen molar-refractivity contribution in [2.24, 2.45) is 0 Å². The molecule has 2 heterocycles. The van der Waals surface area contributed by atoms with Crippen molar-refractivity contribution in [1.82, 2.24) is 9.80 Å². The minimum Gasteiger partial charge on any atom is -0.460 e. The molecule has 1 aromatic carbocycles. The highest BCUT2D eigenvalue weighted by atomic mass is 33.1. The first-order valence-electron chi connectivity index (χ1n) is 11.5. The van der Waals surface area contributed by atoms with E-state index in [1.54, 1.807) is 50.8 Å². The van der Waals surface area contributed by atoms with Crippen molar-refractivity contribution in [2.75, 3.05) is 24.6 Å². The monoisotopic (exact) mass is 508 g/mol. The maximum atomic E-state index is 13.0. The molecule has 0 radical (unpaired) electrons. The summed E-state index contributed by atoms with van der Waals surface area (Å²) < 4.78 is 10.9. The van der Waals surface area contributed by atoms with Crippen LogP contribution in [0.5, 0.6) is 5.75 Å².